The summed E-state index contributed by atoms with van der Waals surface area (Å²) in [5.74, 6) is -0.317. The van der Waals surface area contributed by atoms with Gasteiger partial charge in [-0.1, -0.05) is 54.6 Å². The van der Waals surface area contributed by atoms with Gasteiger partial charge in [0.05, 0.1) is 23.4 Å². The first-order valence-corrected chi connectivity index (χ1v) is 11.4. The molecule has 1 saturated carbocycles. The van der Waals surface area contributed by atoms with E-state index in [-0.39, 0.29) is 11.5 Å². The average Bonchev–Trinajstić information content (AvgIpc) is 3.31. The van der Waals surface area contributed by atoms with Crippen LogP contribution < -0.4 is 10.5 Å². The Balaban J connectivity index is 1.42. The monoisotopic (exact) mass is 448 g/mol. The number of imidazole rings is 1. The lowest BCUT2D eigenvalue weighted by Gasteiger charge is -2.15. The number of aliphatic imine (C=N–C) groups is 1. The summed E-state index contributed by atoms with van der Waals surface area (Å²) in [4.78, 5) is 22.4. The molecule has 1 aliphatic heterocycles. The zero-order valence-corrected chi connectivity index (χ0v) is 18.8. The second kappa shape index (κ2) is 7.78. The van der Waals surface area contributed by atoms with Crippen LogP contribution in [0.1, 0.15) is 35.4 Å². The molecular formula is C28H24N4O2. The zero-order valence-electron chi connectivity index (χ0n) is 18.8. The lowest BCUT2D eigenvalue weighted by Crippen LogP contribution is -2.22. The molecule has 2 heterocycles. The van der Waals surface area contributed by atoms with E-state index in [1.165, 1.54) is 0 Å². The molecule has 6 nitrogen and oxygen atoms in total. The SMILES string of the molecule is Cn1cnc(-c2ccc(N=C(c3ccc(C4(N)CC4)cc3)C3C(=O)Oc4ccccc43)cc2)c1. The van der Waals surface area contributed by atoms with Gasteiger partial charge in [0.1, 0.15) is 11.7 Å². The Hall–Kier alpha value is -4.03. The maximum Gasteiger partial charge on any atom is 0.325 e. The van der Waals surface area contributed by atoms with Gasteiger partial charge < -0.3 is 15.0 Å². The fourth-order valence-electron chi connectivity index (χ4n) is 4.46. The van der Waals surface area contributed by atoms with Gasteiger partial charge in [-0.15, -0.1) is 0 Å². The van der Waals surface area contributed by atoms with Gasteiger partial charge >= 0.3 is 5.97 Å². The molecule has 6 heteroatoms. The van der Waals surface area contributed by atoms with E-state index < -0.39 is 5.92 Å². The van der Waals surface area contributed by atoms with Crippen molar-refractivity contribution in [2.24, 2.45) is 17.8 Å². The molecule has 1 unspecified atom stereocenters. The van der Waals surface area contributed by atoms with Crippen LogP contribution in [0.5, 0.6) is 5.75 Å². The van der Waals surface area contributed by atoms with Gasteiger partial charge in [-0.3, -0.25) is 9.79 Å². The van der Waals surface area contributed by atoms with Crippen molar-refractivity contribution in [2.45, 2.75) is 24.3 Å². The van der Waals surface area contributed by atoms with Crippen LogP contribution in [0.4, 0.5) is 5.69 Å². The van der Waals surface area contributed by atoms with Gasteiger partial charge in [-0.25, -0.2) is 4.98 Å². The minimum Gasteiger partial charge on any atom is -0.425 e. The zero-order chi connectivity index (χ0) is 23.3. The van der Waals surface area contributed by atoms with Crippen LogP contribution in [0.2, 0.25) is 0 Å². The van der Waals surface area contributed by atoms with Gasteiger partial charge in [0.15, 0.2) is 0 Å². The fraction of sp³-hybridized carbons (Fsp3) is 0.179. The van der Waals surface area contributed by atoms with Crippen molar-refractivity contribution in [2.75, 3.05) is 0 Å². The molecule has 1 fully saturated rings. The number of nitrogens with zero attached hydrogens (tertiary/aromatic N) is 3. The highest BCUT2D eigenvalue weighted by molar-refractivity contribution is 6.18. The number of ether oxygens (including phenoxy) is 1. The van der Waals surface area contributed by atoms with E-state index in [9.17, 15) is 4.79 Å². The molecule has 1 aliphatic carbocycles. The predicted molar refractivity (Wildman–Crippen MR) is 131 cm³/mol. The second-order valence-electron chi connectivity index (χ2n) is 9.09. The highest BCUT2D eigenvalue weighted by Crippen LogP contribution is 2.43. The largest absolute Gasteiger partial charge is 0.425 e. The highest BCUT2D eigenvalue weighted by Gasteiger charge is 2.41. The minimum absolute atomic E-state index is 0.212. The molecular weight excluding hydrogens is 424 g/mol. The molecule has 0 bridgehead atoms. The molecule has 168 valence electrons. The van der Waals surface area contributed by atoms with Crippen LogP contribution in [0.25, 0.3) is 11.3 Å². The molecule has 0 radical (unpaired) electrons. The number of hydrogen-bond acceptors (Lipinski definition) is 5. The molecule has 6 rings (SSSR count). The van der Waals surface area contributed by atoms with E-state index in [2.05, 4.69) is 4.98 Å². The van der Waals surface area contributed by atoms with E-state index >= 15 is 0 Å². The van der Waals surface area contributed by atoms with E-state index in [0.717, 1.165) is 46.5 Å². The number of hydrogen-bond donors (Lipinski definition) is 1. The Bertz CT molecular complexity index is 1410. The Kier molecular flexibility index (Phi) is 4.71. The summed E-state index contributed by atoms with van der Waals surface area (Å²) in [6.07, 6.45) is 5.75. The van der Waals surface area contributed by atoms with Gasteiger partial charge in [0, 0.05) is 29.9 Å². The Morgan fingerprint density at radius 2 is 1.79 bits per heavy atom. The molecule has 0 amide bonds. The summed E-state index contributed by atoms with van der Waals surface area (Å²) in [7, 11) is 1.95. The number of para-hydroxylation sites is 1. The van der Waals surface area contributed by atoms with Gasteiger partial charge in [0.2, 0.25) is 0 Å². The molecule has 1 aromatic heterocycles. The topological polar surface area (TPSA) is 82.5 Å². The number of benzene rings is 3. The third kappa shape index (κ3) is 3.62. The molecule has 0 saturated heterocycles. The van der Waals surface area contributed by atoms with Crippen LogP contribution in [-0.2, 0) is 17.4 Å². The quantitative estimate of drug-likeness (QED) is 0.269. The number of carbonyl (C=O) groups excluding carboxylic acids is 1. The number of esters is 1. The van der Waals surface area contributed by atoms with Crippen molar-refractivity contribution in [1.82, 2.24) is 9.55 Å². The molecule has 1 atom stereocenters. The number of aryl methyl sites for hydroxylation is 1. The summed E-state index contributed by atoms with van der Waals surface area (Å²) in [5, 5.41) is 0. The molecule has 2 N–H and O–H groups in total. The van der Waals surface area contributed by atoms with Crippen molar-refractivity contribution in [3.05, 3.63) is 102 Å². The van der Waals surface area contributed by atoms with Crippen molar-refractivity contribution in [1.29, 1.82) is 0 Å². The first-order chi connectivity index (χ1) is 16.5. The van der Waals surface area contributed by atoms with Gasteiger partial charge in [-0.05, 0) is 42.2 Å². The van der Waals surface area contributed by atoms with Gasteiger partial charge in [0.25, 0.3) is 0 Å². The Morgan fingerprint density at radius 3 is 2.47 bits per heavy atom. The van der Waals surface area contributed by atoms with Crippen LogP contribution in [0.15, 0.2) is 90.3 Å². The van der Waals surface area contributed by atoms with Crippen molar-refractivity contribution < 1.29 is 9.53 Å². The molecule has 2 aliphatic rings. The fourth-order valence-corrected chi connectivity index (χ4v) is 4.46. The van der Waals surface area contributed by atoms with Crippen LogP contribution in [-0.4, -0.2) is 21.2 Å². The lowest BCUT2D eigenvalue weighted by atomic mass is 9.90. The Morgan fingerprint density at radius 1 is 1.06 bits per heavy atom. The average molecular weight is 449 g/mol. The molecule has 0 spiro atoms. The van der Waals surface area contributed by atoms with Crippen molar-refractivity contribution in [3.63, 3.8) is 0 Å². The lowest BCUT2D eigenvalue weighted by molar-refractivity contribution is -0.132. The van der Waals surface area contributed by atoms with Crippen LogP contribution >= 0.6 is 0 Å². The van der Waals surface area contributed by atoms with Gasteiger partial charge in [-0.2, -0.15) is 0 Å². The predicted octanol–water partition coefficient (Wildman–Crippen LogP) is 4.86. The maximum atomic E-state index is 13.0. The highest BCUT2D eigenvalue weighted by atomic mass is 16.5. The van der Waals surface area contributed by atoms with E-state index in [1.807, 2.05) is 90.6 Å². The number of aromatic nitrogens is 2. The molecule has 34 heavy (non-hydrogen) atoms. The van der Waals surface area contributed by atoms with E-state index in [1.54, 1.807) is 6.33 Å². The summed E-state index contributed by atoms with van der Waals surface area (Å²) < 4.78 is 7.49. The summed E-state index contributed by atoms with van der Waals surface area (Å²) >= 11 is 0. The molecule has 4 aromatic rings. The van der Waals surface area contributed by atoms with E-state index in [0.29, 0.717) is 11.5 Å². The number of fused-ring (bicyclic) bond motifs is 1. The van der Waals surface area contributed by atoms with Crippen LogP contribution in [0, 0.1) is 0 Å². The van der Waals surface area contributed by atoms with Crippen molar-refractivity contribution in [3.8, 4) is 17.0 Å². The Labute approximate surface area is 197 Å². The maximum absolute atomic E-state index is 13.0. The molecule has 3 aromatic carbocycles. The minimum atomic E-state index is -0.592. The smallest absolute Gasteiger partial charge is 0.325 e. The number of carbonyl (C=O) groups is 1. The summed E-state index contributed by atoms with van der Waals surface area (Å²) in [6.45, 7) is 0. The first-order valence-electron chi connectivity index (χ1n) is 11.4. The summed E-state index contributed by atoms with van der Waals surface area (Å²) in [6, 6.07) is 23.5. The van der Waals surface area contributed by atoms with E-state index in [4.69, 9.17) is 15.5 Å². The number of rotatable bonds is 5. The van der Waals surface area contributed by atoms with Crippen molar-refractivity contribution >= 4 is 17.4 Å². The third-order valence-electron chi connectivity index (χ3n) is 6.61. The standard InChI is InChI=1S/C28H24N4O2/c1-32-16-23(30-17-32)18-8-12-21(13-9-18)31-26(19-6-10-20(11-7-19)28(29)14-15-28)25-22-4-2-3-5-24(22)34-27(25)33/h2-13,16-17,25H,14-15,29H2,1H3. The second-order valence-corrected chi connectivity index (χ2v) is 9.09. The first kappa shape index (κ1) is 20.6. The van der Waals surface area contributed by atoms with Crippen LogP contribution in [0.3, 0.4) is 0 Å². The normalized spacial score (nSPS) is 18.5. The number of nitrogens with two attached hydrogens (primary N) is 1. The third-order valence-corrected chi connectivity index (χ3v) is 6.61. The summed E-state index contributed by atoms with van der Waals surface area (Å²) in [5.41, 5.74) is 12.3.